The lowest BCUT2D eigenvalue weighted by atomic mass is 10.1. The molecule has 3 heterocycles. The van der Waals surface area contributed by atoms with Gasteiger partial charge < -0.3 is 4.90 Å². The van der Waals surface area contributed by atoms with Crippen molar-refractivity contribution in [3.05, 3.63) is 47.3 Å². The Labute approximate surface area is 173 Å². The molecule has 3 fully saturated rings. The summed E-state index contributed by atoms with van der Waals surface area (Å²) in [6.45, 7) is 3.65. The number of aromatic nitrogens is 2. The molecule has 1 saturated carbocycles. The van der Waals surface area contributed by atoms with Crippen LogP contribution in [0, 0.1) is 0 Å². The predicted molar refractivity (Wildman–Crippen MR) is 106 cm³/mol. The number of carbonyl (C=O) groups excluding carboxylic acids is 1. The van der Waals surface area contributed by atoms with E-state index in [4.69, 9.17) is 0 Å². The Morgan fingerprint density at radius 1 is 1.07 bits per heavy atom. The van der Waals surface area contributed by atoms with Gasteiger partial charge in [-0.05, 0) is 63.4 Å². The summed E-state index contributed by atoms with van der Waals surface area (Å²) in [7, 11) is 0. The smallest absolute Gasteiger partial charge is 0.337 e. The first-order chi connectivity index (χ1) is 14.4. The second-order valence-electron chi connectivity index (χ2n) is 8.61. The van der Waals surface area contributed by atoms with Crippen molar-refractivity contribution in [1.29, 1.82) is 0 Å². The lowest BCUT2D eigenvalue weighted by Gasteiger charge is -2.23. The normalized spacial score (nSPS) is 22.8. The molecule has 1 amide bonds. The van der Waals surface area contributed by atoms with Gasteiger partial charge in [0.1, 0.15) is 0 Å². The first-order valence-corrected chi connectivity index (χ1v) is 10.7. The lowest BCUT2D eigenvalue weighted by molar-refractivity contribution is -0.137. The van der Waals surface area contributed by atoms with Gasteiger partial charge >= 0.3 is 6.18 Å². The quantitative estimate of drug-likeness (QED) is 0.752. The fraction of sp³-hybridized carbons (Fsp3) is 0.545. The highest BCUT2D eigenvalue weighted by molar-refractivity contribution is 5.95. The Bertz CT molecular complexity index is 944. The molecule has 0 N–H and O–H groups in total. The summed E-state index contributed by atoms with van der Waals surface area (Å²) in [5.41, 5.74) is 0.932. The summed E-state index contributed by atoms with van der Waals surface area (Å²) in [4.78, 5) is 17.7. The zero-order chi connectivity index (χ0) is 20.9. The first-order valence-electron chi connectivity index (χ1n) is 10.7. The summed E-state index contributed by atoms with van der Waals surface area (Å²) in [6, 6.07) is 5.57. The van der Waals surface area contributed by atoms with Crippen LogP contribution in [-0.4, -0.2) is 57.7 Å². The third kappa shape index (κ3) is 3.62. The fourth-order valence-electron chi connectivity index (χ4n) is 4.79. The number of alkyl halides is 3. The topological polar surface area (TPSA) is 41.4 Å². The number of benzene rings is 1. The molecule has 8 heteroatoms. The van der Waals surface area contributed by atoms with Crippen molar-refractivity contribution in [3.63, 3.8) is 0 Å². The average Bonchev–Trinajstić information content (AvgIpc) is 3.17. The first kappa shape index (κ1) is 19.6. The van der Waals surface area contributed by atoms with E-state index < -0.39 is 11.7 Å². The monoisotopic (exact) mass is 418 g/mol. The Kier molecular flexibility index (Phi) is 4.84. The molecule has 1 aliphatic carbocycles. The molecular weight excluding hydrogens is 393 g/mol. The minimum Gasteiger partial charge on any atom is -0.337 e. The number of nitrogens with zero attached hydrogens (tertiary/aromatic N) is 4. The maximum Gasteiger partial charge on any atom is 0.416 e. The second-order valence-corrected chi connectivity index (χ2v) is 8.61. The zero-order valence-electron chi connectivity index (χ0n) is 16.7. The minimum absolute atomic E-state index is 0.0446. The number of hydrogen-bond acceptors (Lipinski definition) is 3. The lowest BCUT2D eigenvalue weighted by Crippen LogP contribution is -2.37. The van der Waals surface area contributed by atoms with E-state index in [0.717, 1.165) is 63.3 Å². The average molecular weight is 418 g/mol. The molecule has 30 heavy (non-hydrogen) atoms. The van der Waals surface area contributed by atoms with E-state index in [-0.39, 0.29) is 11.8 Å². The number of likely N-dealkylation sites (tertiary alicyclic amines) is 2. The van der Waals surface area contributed by atoms with Crippen molar-refractivity contribution in [1.82, 2.24) is 19.6 Å². The Hall–Kier alpha value is -2.35. The maximum atomic E-state index is 13.3. The largest absolute Gasteiger partial charge is 0.416 e. The van der Waals surface area contributed by atoms with Crippen LogP contribution in [0.4, 0.5) is 13.2 Å². The van der Waals surface area contributed by atoms with Crippen LogP contribution in [0.2, 0.25) is 0 Å². The highest BCUT2D eigenvalue weighted by atomic mass is 19.4. The summed E-state index contributed by atoms with van der Waals surface area (Å²) in [5.74, 6) is 0.134. The molecule has 2 saturated heterocycles. The van der Waals surface area contributed by atoms with Crippen LogP contribution in [0.1, 0.15) is 59.6 Å². The molecule has 1 aromatic carbocycles. The summed E-state index contributed by atoms with van der Waals surface area (Å²) in [6.07, 6.45) is 2.41. The molecule has 0 spiro atoms. The third-order valence-electron chi connectivity index (χ3n) is 6.53. The molecule has 3 aliphatic rings. The van der Waals surface area contributed by atoms with Gasteiger partial charge in [0.25, 0.3) is 5.91 Å². The molecular formula is C22H25F3N4O. The zero-order valence-corrected chi connectivity index (χ0v) is 16.7. The van der Waals surface area contributed by atoms with Gasteiger partial charge in [-0.15, -0.1) is 0 Å². The van der Waals surface area contributed by atoms with E-state index >= 15 is 0 Å². The number of amides is 1. The Morgan fingerprint density at radius 3 is 2.53 bits per heavy atom. The van der Waals surface area contributed by atoms with Crippen LogP contribution < -0.4 is 0 Å². The van der Waals surface area contributed by atoms with Gasteiger partial charge in [0.2, 0.25) is 0 Å². The van der Waals surface area contributed by atoms with E-state index in [2.05, 4.69) is 10.00 Å². The highest BCUT2D eigenvalue weighted by Gasteiger charge is 2.38. The molecule has 2 aliphatic heterocycles. The van der Waals surface area contributed by atoms with Crippen LogP contribution in [0.15, 0.2) is 30.5 Å². The Balaban J connectivity index is 1.42. The number of rotatable bonds is 4. The van der Waals surface area contributed by atoms with Crippen LogP contribution >= 0.6 is 0 Å². The number of carbonyl (C=O) groups is 1. The van der Waals surface area contributed by atoms with Gasteiger partial charge in [-0.3, -0.25) is 9.69 Å². The van der Waals surface area contributed by atoms with Crippen molar-refractivity contribution in [2.45, 2.75) is 50.2 Å². The molecule has 1 atom stereocenters. The second kappa shape index (κ2) is 7.41. The van der Waals surface area contributed by atoms with E-state index in [9.17, 15) is 18.0 Å². The van der Waals surface area contributed by atoms with Crippen molar-refractivity contribution < 1.29 is 18.0 Å². The van der Waals surface area contributed by atoms with Crippen molar-refractivity contribution in [2.75, 3.05) is 26.2 Å². The number of hydrogen-bond donors (Lipinski definition) is 0. The van der Waals surface area contributed by atoms with E-state index in [1.807, 2.05) is 4.90 Å². The van der Waals surface area contributed by atoms with Crippen molar-refractivity contribution >= 4 is 5.91 Å². The van der Waals surface area contributed by atoms with Crippen LogP contribution in [0.5, 0.6) is 0 Å². The Morgan fingerprint density at radius 2 is 1.83 bits per heavy atom. The summed E-state index contributed by atoms with van der Waals surface area (Å²) < 4.78 is 41.0. The summed E-state index contributed by atoms with van der Waals surface area (Å²) >= 11 is 0. The molecule has 1 aromatic heterocycles. The van der Waals surface area contributed by atoms with Crippen molar-refractivity contribution in [2.24, 2.45) is 0 Å². The van der Waals surface area contributed by atoms with Gasteiger partial charge in [-0.2, -0.15) is 18.3 Å². The molecule has 5 nitrogen and oxygen atoms in total. The SMILES string of the molecule is O=C(c1cnn(-c2cccc(C(F)(F)F)c2)c1C1CC1)N1CC[C@H](N2CCCC2)C1. The minimum atomic E-state index is -4.41. The van der Waals surface area contributed by atoms with E-state index in [0.29, 0.717) is 17.3 Å². The van der Waals surface area contributed by atoms with Gasteiger partial charge in [-0.25, -0.2) is 4.68 Å². The fourth-order valence-corrected chi connectivity index (χ4v) is 4.79. The molecule has 0 radical (unpaired) electrons. The summed E-state index contributed by atoms with van der Waals surface area (Å²) in [5, 5.41) is 4.35. The predicted octanol–water partition coefficient (Wildman–Crippen LogP) is 4.08. The van der Waals surface area contributed by atoms with Crippen LogP contribution in [0.3, 0.4) is 0 Å². The van der Waals surface area contributed by atoms with Gasteiger partial charge in [0, 0.05) is 25.0 Å². The van der Waals surface area contributed by atoms with Gasteiger partial charge in [-0.1, -0.05) is 6.07 Å². The van der Waals surface area contributed by atoms with Gasteiger partial charge in [0.05, 0.1) is 28.7 Å². The third-order valence-corrected chi connectivity index (χ3v) is 6.53. The van der Waals surface area contributed by atoms with Crippen LogP contribution in [0.25, 0.3) is 5.69 Å². The molecule has 0 bridgehead atoms. The highest BCUT2D eigenvalue weighted by Crippen LogP contribution is 2.43. The van der Waals surface area contributed by atoms with Gasteiger partial charge in [0.15, 0.2) is 0 Å². The maximum absolute atomic E-state index is 13.3. The molecule has 0 unspecified atom stereocenters. The standard InChI is InChI=1S/C22H25F3N4O/c23-22(24,25)16-4-3-5-17(12-16)29-20(15-6-7-15)19(13-26-29)21(30)28-11-8-18(14-28)27-9-1-2-10-27/h3-5,12-13,15,18H,1-2,6-11,14H2/t18-/m0/s1. The van der Waals surface area contributed by atoms with E-state index in [1.165, 1.54) is 23.6 Å². The van der Waals surface area contributed by atoms with Crippen LogP contribution in [-0.2, 0) is 6.18 Å². The van der Waals surface area contributed by atoms with Crippen molar-refractivity contribution in [3.8, 4) is 5.69 Å². The molecule has 5 rings (SSSR count). The molecule has 2 aromatic rings. The molecule has 160 valence electrons. The number of halogens is 3. The van der Waals surface area contributed by atoms with E-state index in [1.54, 1.807) is 12.3 Å².